The SMILES string of the molecule is O=[N+]([O-])c1ccccc1N=Nc1ccc(N(CCCl)CCCl)cc1. The summed E-state index contributed by atoms with van der Waals surface area (Å²) in [6.07, 6.45) is 0. The summed E-state index contributed by atoms with van der Waals surface area (Å²) < 4.78 is 0. The third-order valence-corrected chi connectivity index (χ3v) is 3.61. The van der Waals surface area contributed by atoms with Gasteiger partial charge in [0.2, 0.25) is 0 Å². The molecule has 126 valence electrons. The smallest absolute Gasteiger partial charge is 0.296 e. The average Bonchev–Trinajstić information content (AvgIpc) is 2.60. The molecule has 0 unspecified atom stereocenters. The first-order chi connectivity index (χ1) is 11.7. The Bertz CT molecular complexity index is 701. The van der Waals surface area contributed by atoms with Gasteiger partial charge >= 0.3 is 0 Å². The van der Waals surface area contributed by atoms with Gasteiger partial charge in [0.1, 0.15) is 0 Å². The standard InChI is InChI=1S/C16H16Cl2N4O2/c17-9-11-21(12-10-18)14-7-5-13(6-8-14)19-20-15-3-1-2-4-16(15)22(23)24/h1-8H,9-12H2. The van der Waals surface area contributed by atoms with Gasteiger partial charge in [-0.15, -0.1) is 28.3 Å². The zero-order valence-corrected chi connectivity index (χ0v) is 14.3. The van der Waals surface area contributed by atoms with Crippen LogP contribution in [0, 0.1) is 10.1 Å². The summed E-state index contributed by atoms with van der Waals surface area (Å²) in [5.74, 6) is 1.02. The minimum Gasteiger partial charge on any atom is -0.369 e. The second kappa shape index (κ2) is 9.20. The largest absolute Gasteiger partial charge is 0.369 e. The highest BCUT2D eigenvalue weighted by Crippen LogP contribution is 2.28. The molecule has 0 spiro atoms. The van der Waals surface area contributed by atoms with Crippen LogP contribution >= 0.6 is 23.2 Å². The van der Waals surface area contributed by atoms with Crippen molar-refractivity contribution >= 4 is 46.0 Å². The van der Waals surface area contributed by atoms with Crippen LogP contribution in [0.3, 0.4) is 0 Å². The van der Waals surface area contributed by atoms with Crippen LogP contribution in [0.15, 0.2) is 58.8 Å². The summed E-state index contributed by atoms with van der Waals surface area (Å²) in [5, 5.41) is 19.0. The molecule has 0 saturated heterocycles. The van der Waals surface area contributed by atoms with Crippen LogP contribution in [0.1, 0.15) is 0 Å². The van der Waals surface area contributed by atoms with Crippen molar-refractivity contribution in [2.24, 2.45) is 10.2 Å². The van der Waals surface area contributed by atoms with E-state index in [9.17, 15) is 10.1 Å². The Balaban J connectivity index is 2.15. The second-order valence-electron chi connectivity index (χ2n) is 4.83. The molecule has 0 N–H and O–H groups in total. The molecule has 0 aliphatic rings. The van der Waals surface area contributed by atoms with Crippen LogP contribution in [-0.4, -0.2) is 29.8 Å². The van der Waals surface area contributed by atoms with Crippen LogP contribution in [0.2, 0.25) is 0 Å². The summed E-state index contributed by atoms with van der Waals surface area (Å²) in [5.41, 5.74) is 1.74. The molecule has 0 aliphatic carbocycles. The fourth-order valence-corrected chi connectivity index (χ4v) is 2.53. The number of azo groups is 1. The third-order valence-electron chi connectivity index (χ3n) is 3.28. The maximum atomic E-state index is 11.0. The summed E-state index contributed by atoms with van der Waals surface area (Å²) in [4.78, 5) is 12.5. The molecule has 0 fully saturated rings. The van der Waals surface area contributed by atoms with Crippen LogP contribution in [-0.2, 0) is 0 Å². The Labute approximate surface area is 149 Å². The molecule has 8 heteroatoms. The molecule has 24 heavy (non-hydrogen) atoms. The fourth-order valence-electron chi connectivity index (χ4n) is 2.12. The van der Waals surface area contributed by atoms with Crippen LogP contribution in [0.25, 0.3) is 0 Å². The van der Waals surface area contributed by atoms with Gasteiger partial charge in [0.15, 0.2) is 5.69 Å². The van der Waals surface area contributed by atoms with Crippen molar-refractivity contribution in [3.63, 3.8) is 0 Å². The molecular weight excluding hydrogens is 351 g/mol. The Kier molecular flexibility index (Phi) is 6.96. The van der Waals surface area contributed by atoms with E-state index in [0.29, 0.717) is 30.5 Å². The van der Waals surface area contributed by atoms with Gasteiger partial charge in [0.05, 0.1) is 10.6 Å². The molecule has 6 nitrogen and oxygen atoms in total. The van der Waals surface area contributed by atoms with Gasteiger partial charge in [-0.25, -0.2) is 0 Å². The number of hydrogen-bond donors (Lipinski definition) is 0. The lowest BCUT2D eigenvalue weighted by molar-refractivity contribution is -0.384. The first kappa shape index (κ1) is 18.2. The highest BCUT2D eigenvalue weighted by Gasteiger charge is 2.11. The minimum atomic E-state index is -0.479. The normalized spacial score (nSPS) is 10.9. The number of nitrogens with zero attached hydrogens (tertiary/aromatic N) is 4. The zero-order chi connectivity index (χ0) is 17.4. The number of hydrogen-bond acceptors (Lipinski definition) is 5. The van der Waals surface area contributed by atoms with Gasteiger partial charge in [0, 0.05) is 36.6 Å². The lowest BCUT2D eigenvalue weighted by atomic mass is 10.2. The van der Waals surface area contributed by atoms with E-state index in [2.05, 4.69) is 15.1 Å². The Morgan fingerprint density at radius 3 is 2.17 bits per heavy atom. The van der Waals surface area contributed by atoms with Crippen molar-refractivity contribution in [3.8, 4) is 0 Å². The van der Waals surface area contributed by atoms with Crippen LogP contribution < -0.4 is 4.90 Å². The number of rotatable bonds is 8. The van der Waals surface area contributed by atoms with Crippen molar-refractivity contribution in [1.82, 2.24) is 0 Å². The van der Waals surface area contributed by atoms with E-state index >= 15 is 0 Å². The number of halogens is 2. The van der Waals surface area contributed by atoms with Crippen molar-refractivity contribution in [2.75, 3.05) is 29.7 Å². The topological polar surface area (TPSA) is 71.1 Å². The molecular formula is C16H16Cl2N4O2. The maximum absolute atomic E-state index is 11.0. The summed E-state index contributed by atoms with van der Waals surface area (Å²) >= 11 is 11.6. The first-order valence-corrected chi connectivity index (χ1v) is 8.34. The molecule has 0 atom stereocenters. The van der Waals surface area contributed by atoms with Crippen molar-refractivity contribution in [1.29, 1.82) is 0 Å². The molecule has 0 radical (unpaired) electrons. The number of alkyl halides is 2. The van der Waals surface area contributed by atoms with E-state index in [1.165, 1.54) is 6.07 Å². The quantitative estimate of drug-likeness (QED) is 0.275. The summed E-state index contributed by atoms with van der Waals surface area (Å²) in [6, 6.07) is 13.6. The van der Waals surface area contributed by atoms with Crippen LogP contribution in [0.5, 0.6) is 0 Å². The molecule has 0 bridgehead atoms. The van der Waals surface area contributed by atoms with E-state index in [-0.39, 0.29) is 11.4 Å². The average molecular weight is 367 g/mol. The van der Waals surface area contributed by atoms with E-state index < -0.39 is 4.92 Å². The van der Waals surface area contributed by atoms with Gasteiger partial charge in [-0.05, 0) is 30.3 Å². The number of anilines is 1. The second-order valence-corrected chi connectivity index (χ2v) is 5.58. The molecule has 2 aromatic rings. The third kappa shape index (κ3) is 4.91. The molecule has 0 aromatic heterocycles. The Morgan fingerprint density at radius 1 is 0.958 bits per heavy atom. The Morgan fingerprint density at radius 2 is 1.58 bits per heavy atom. The van der Waals surface area contributed by atoms with Gasteiger partial charge in [-0.2, -0.15) is 5.11 Å². The lowest BCUT2D eigenvalue weighted by Crippen LogP contribution is -2.27. The molecule has 0 heterocycles. The summed E-state index contributed by atoms with van der Waals surface area (Å²) in [7, 11) is 0. The van der Waals surface area contributed by atoms with E-state index in [4.69, 9.17) is 23.2 Å². The Hall–Kier alpha value is -2.18. The number of para-hydroxylation sites is 1. The predicted molar refractivity (Wildman–Crippen MR) is 97.4 cm³/mol. The summed E-state index contributed by atoms with van der Waals surface area (Å²) in [6.45, 7) is 1.40. The molecule has 0 aliphatic heterocycles. The van der Waals surface area contributed by atoms with E-state index in [1.807, 2.05) is 12.1 Å². The highest BCUT2D eigenvalue weighted by atomic mass is 35.5. The van der Waals surface area contributed by atoms with Gasteiger partial charge in [-0.3, -0.25) is 10.1 Å². The number of benzene rings is 2. The maximum Gasteiger partial charge on any atom is 0.296 e. The van der Waals surface area contributed by atoms with Crippen molar-refractivity contribution in [2.45, 2.75) is 0 Å². The zero-order valence-electron chi connectivity index (χ0n) is 12.8. The predicted octanol–water partition coefficient (Wildman–Crippen LogP) is 5.29. The molecule has 0 amide bonds. The highest BCUT2D eigenvalue weighted by molar-refractivity contribution is 6.18. The van der Waals surface area contributed by atoms with Crippen molar-refractivity contribution in [3.05, 3.63) is 58.6 Å². The van der Waals surface area contributed by atoms with E-state index in [0.717, 1.165) is 5.69 Å². The lowest BCUT2D eigenvalue weighted by Gasteiger charge is -2.22. The van der Waals surface area contributed by atoms with Crippen LogP contribution in [0.4, 0.5) is 22.7 Å². The molecule has 0 saturated carbocycles. The van der Waals surface area contributed by atoms with Gasteiger partial charge < -0.3 is 4.90 Å². The molecule has 2 aromatic carbocycles. The van der Waals surface area contributed by atoms with Gasteiger partial charge in [0.25, 0.3) is 5.69 Å². The van der Waals surface area contributed by atoms with E-state index in [1.54, 1.807) is 30.3 Å². The minimum absolute atomic E-state index is 0.0757. The molecule has 2 rings (SSSR count). The fraction of sp³-hybridized carbons (Fsp3) is 0.250. The number of nitro groups is 1. The van der Waals surface area contributed by atoms with Gasteiger partial charge in [-0.1, -0.05) is 12.1 Å². The monoisotopic (exact) mass is 366 g/mol. The first-order valence-electron chi connectivity index (χ1n) is 7.28. The number of nitro benzene ring substituents is 1. The van der Waals surface area contributed by atoms with Crippen molar-refractivity contribution < 1.29 is 4.92 Å².